The van der Waals surface area contributed by atoms with E-state index in [0.29, 0.717) is 0 Å². The molecule has 76 valence electrons. The Balaban J connectivity index is 0. The highest BCUT2D eigenvalue weighted by atomic mass is 28.3. The van der Waals surface area contributed by atoms with Crippen molar-refractivity contribution in [1.29, 1.82) is 0 Å². The van der Waals surface area contributed by atoms with Crippen molar-refractivity contribution >= 4 is 10.0 Å². The molecule has 0 atom stereocenters. The van der Waals surface area contributed by atoms with E-state index in [0.717, 1.165) is 19.8 Å². The topological polar surface area (TPSA) is 21.7 Å². The summed E-state index contributed by atoms with van der Waals surface area (Å²) in [5.74, 6) is 0. The molecule has 0 aromatic carbocycles. The summed E-state index contributed by atoms with van der Waals surface area (Å²) in [6.07, 6.45) is 0. The monoisotopic (exact) mass is 193 g/mol. The first-order valence-corrected chi connectivity index (χ1v) is 5.64. The fourth-order valence-electron chi connectivity index (χ4n) is 0.226. The average Bonchev–Trinajstić information content (AvgIpc) is 2.07. The van der Waals surface area contributed by atoms with Crippen LogP contribution in [0.25, 0.3) is 0 Å². The molecule has 0 aliphatic carbocycles. The Morgan fingerprint density at radius 2 is 1.33 bits per heavy atom. The van der Waals surface area contributed by atoms with Crippen LogP contribution in [0.2, 0.25) is 0 Å². The quantitative estimate of drug-likeness (QED) is 0.472. The van der Waals surface area contributed by atoms with Crippen LogP contribution < -0.4 is 0 Å². The van der Waals surface area contributed by atoms with Gasteiger partial charge in [0.25, 0.3) is 0 Å². The van der Waals surface area contributed by atoms with Gasteiger partial charge in [-0.05, 0) is 34.5 Å². The zero-order valence-electron chi connectivity index (χ0n) is 9.09. The van der Waals surface area contributed by atoms with Gasteiger partial charge in [0, 0.05) is 13.2 Å². The first-order chi connectivity index (χ1) is 5.68. The molecule has 0 amide bonds. The van der Waals surface area contributed by atoms with Gasteiger partial charge in [0.1, 0.15) is 0 Å². The second-order valence-corrected chi connectivity index (χ2v) is 3.55. The van der Waals surface area contributed by atoms with E-state index < -0.39 is 10.0 Å². The maximum Gasteiger partial charge on any atom is 0.304 e. The molecule has 3 nitrogen and oxygen atoms in total. The van der Waals surface area contributed by atoms with E-state index in [1.54, 1.807) is 0 Å². The summed E-state index contributed by atoms with van der Waals surface area (Å²) < 4.78 is 9.98. The SMILES string of the molecule is CCN(C)C.CCO[SiH2]OCC. The Hall–Kier alpha value is 0.0969. The van der Waals surface area contributed by atoms with Gasteiger partial charge in [-0.1, -0.05) is 6.92 Å². The summed E-state index contributed by atoms with van der Waals surface area (Å²) >= 11 is 0. The van der Waals surface area contributed by atoms with Crippen molar-refractivity contribution in [1.82, 2.24) is 4.90 Å². The Bertz CT molecular complexity index is 68.1. The molecule has 0 saturated heterocycles. The van der Waals surface area contributed by atoms with Crippen LogP contribution in [0.1, 0.15) is 20.8 Å². The Kier molecular flexibility index (Phi) is 16.6. The number of hydrogen-bond acceptors (Lipinski definition) is 3. The third kappa shape index (κ3) is 22.5. The van der Waals surface area contributed by atoms with Crippen LogP contribution in [-0.2, 0) is 8.85 Å². The first kappa shape index (κ1) is 14.6. The van der Waals surface area contributed by atoms with Crippen LogP contribution in [0.3, 0.4) is 0 Å². The van der Waals surface area contributed by atoms with Crippen molar-refractivity contribution in [3.05, 3.63) is 0 Å². The molecule has 4 heteroatoms. The summed E-state index contributed by atoms with van der Waals surface area (Å²) in [6, 6.07) is 0. The third-order valence-corrected chi connectivity index (χ3v) is 2.36. The van der Waals surface area contributed by atoms with E-state index in [1.165, 1.54) is 0 Å². The van der Waals surface area contributed by atoms with Crippen molar-refractivity contribution in [2.75, 3.05) is 33.9 Å². The molecule has 0 spiro atoms. The van der Waals surface area contributed by atoms with Crippen LogP contribution in [0, 0.1) is 0 Å². The summed E-state index contributed by atoms with van der Waals surface area (Å²) in [5, 5.41) is 0. The predicted molar refractivity (Wildman–Crippen MR) is 56.0 cm³/mol. The van der Waals surface area contributed by atoms with E-state index in [9.17, 15) is 0 Å². The minimum Gasteiger partial charge on any atom is -0.399 e. The lowest BCUT2D eigenvalue weighted by molar-refractivity contribution is 0.240. The van der Waals surface area contributed by atoms with E-state index in [-0.39, 0.29) is 0 Å². The first-order valence-electron chi connectivity index (χ1n) is 4.49. The molecule has 0 bridgehead atoms. The minimum absolute atomic E-state index is 0.589. The fourth-order valence-corrected chi connectivity index (χ4v) is 0.677. The predicted octanol–water partition coefficient (Wildman–Crippen LogP) is 0.626. The molecule has 12 heavy (non-hydrogen) atoms. The molecule has 0 radical (unpaired) electrons. The second kappa shape index (κ2) is 13.7. The van der Waals surface area contributed by atoms with Crippen molar-refractivity contribution in [3.63, 3.8) is 0 Å². The van der Waals surface area contributed by atoms with Crippen LogP contribution in [0.4, 0.5) is 0 Å². The van der Waals surface area contributed by atoms with Gasteiger partial charge in [-0.15, -0.1) is 0 Å². The van der Waals surface area contributed by atoms with E-state index in [2.05, 4.69) is 25.9 Å². The summed E-state index contributed by atoms with van der Waals surface area (Å²) in [4.78, 5) is 2.12. The average molecular weight is 193 g/mol. The molecule has 0 heterocycles. The molecule has 0 aromatic heterocycles. The molecule has 0 aliphatic heterocycles. The van der Waals surface area contributed by atoms with Gasteiger partial charge in [0.2, 0.25) is 0 Å². The maximum absolute atomic E-state index is 4.99. The van der Waals surface area contributed by atoms with Crippen molar-refractivity contribution < 1.29 is 8.85 Å². The van der Waals surface area contributed by atoms with Gasteiger partial charge >= 0.3 is 10.0 Å². The van der Waals surface area contributed by atoms with Gasteiger partial charge in [-0.3, -0.25) is 0 Å². The third-order valence-electron chi connectivity index (χ3n) is 1.21. The van der Waals surface area contributed by atoms with Gasteiger partial charge in [0.05, 0.1) is 0 Å². The minimum atomic E-state index is -0.589. The molecule has 0 fully saturated rings. The van der Waals surface area contributed by atoms with Crippen molar-refractivity contribution in [3.8, 4) is 0 Å². The Labute approximate surface area is 79.1 Å². The van der Waals surface area contributed by atoms with Gasteiger partial charge in [0.15, 0.2) is 0 Å². The molecule has 0 N–H and O–H groups in total. The normalized spacial score (nSPS) is 9.50. The molecule has 0 rings (SSSR count). The lowest BCUT2D eigenvalue weighted by Gasteiger charge is -2.00. The molecular formula is C8H23NO2Si. The molecular weight excluding hydrogens is 170 g/mol. The smallest absolute Gasteiger partial charge is 0.304 e. The van der Waals surface area contributed by atoms with E-state index >= 15 is 0 Å². The van der Waals surface area contributed by atoms with Crippen molar-refractivity contribution in [2.24, 2.45) is 0 Å². The van der Waals surface area contributed by atoms with Crippen LogP contribution >= 0.6 is 0 Å². The highest BCUT2D eigenvalue weighted by molar-refractivity contribution is 6.17. The van der Waals surface area contributed by atoms with Crippen molar-refractivity contribution in [2.45, 2.75) is 20.8 Å². The largest absolute Gasteiger partial charge is 0.399 e. The number of rotatable bonds is 5. The maximum atomic E-state index is 4.99. The summed E-state index contributed by atoms with van der Waals surface area (Å²) in [6.45, 7) is 8.82. The van der Waals surface area contributed by atoms with Crippen LogP contribution in [0.15, 0.2) is 0 Å². The van der Waals surface area contributed by atoms with E-state index in [1.807, 2.05) is 13.8 Å². The number of hydrogen-bond donors (Lipinski definition) is 0. The van der Waals surface area contributed by atoms with Gasteiger partial charge in [-0.25, -0.2) is 0 Å². The standard InChI is InChI=1S/C4H11N.C4H12O2Si/c1-4-5(2)3;1-3-5-7-6-4-2/h4H2,1-3H3;3-4,7H2,1-2H3. The fraction of sp³-hybridized carbons (Fsp3) is 1.00. The van der Waals surface area contributed by atoms with Crippen LogP contribution in [-0.4, -0.2) is 48.8 Å². The zero-order valence-corrected chi connectivity index (χ0v) is 10.5. The number of nitrogens with zero attached hydrogens (tertiary/aromatic N) is 1. The Morgan fingerprint density at radius 1 is 1.00 bits per heavy atom. The van der Waals surface area contributed by atoms with E-state index in [4.69, 9.17) is 8.85 Å². The zero-order chi connectivity index (χ0) is 9.82. The highest BCUT2D eigenvalue weighted by Gasteiger charge is 1.79. The van der Waals surface area contributed by atoms with Crippen LogP contribution in [0.5, 0.6) is 0 Å². The van der Waals surface area contributed by atoms with Gasteiger partial charge < -0.3 is 13.8 Å². The lowest BCUT2D eigenvalue weighted by Crippen LogP contribution is -2.08. The molecule has 0 saturated carbocycles. The summed E-state index contributed by atoms with van der Waals surface area (Å²) in [5.41, 5.74) is 0. The Morgan fingerprint density at radius 3 is 1.50 bits per heavy atom. The summed E-state index contributed by atoms with van der Waals surface area (Å²) in [7, 11) is 3.52. The lowest BCUT2D eigenvalue weighted by atomic mass is 10.7. The highest BCUT2D eigenvalue weighted by Crippen LogP contribution is 1.70. The molecule has 0 aliphatic rings. The molecule has 0 unspecified atom stereocenters. The molecule has 0 aromatic rings. The van der Waals surface area contributed by atoms with Gasteiger partial charge in [-0.2, -0.15) is 0 Å². The second-order valence-electron chi connectivity index (χ2n) is 2.50.